The van der Waals surface area contributed by atoms with Crippen LogP contribution in [0.2, 0.25) is 0 Å². The summed E-state index contributed by atoms with van der Waals surface area (Å²) in [6.07, 6.45) is 0. The van der Waals surface area contributed by atoms with Gasteiger partial charge < -0.3 is 10.5 Å². The summed E-state index contributed by atoms with van der Waals surface area (Å²) >= 11 is 0. The summed E-state index contributed by atoms with van der Waals surface area (Å²) in [4.78, 5) is 0. The lowest BCUT2D eigenvalue weighted by Gasteiger charge is -2.09. The van der Waals surface area contributed by atoms with Crippen molar-refractivity contribution in [2.24, 2.45) is 0 Å². The van der Waals surface area contributed by atoms with E-state index in [9.17, 15) is 0 Å². The summed E-state index contributed by atoms with van der Waals surface area (Å²) in [6, 6.07) is 14.9. The molecule has 2 N–H and O–H groups in total. The highest BCUT2D eigenvalue weighted by molar-refractivity contribution is 5.97. The summed E-state index contributed by atoms with van der Waals surface area (Å²) in [5.41, 5.74) is 7.25. The Morgan fingerprint density at radius 1 is 0.952 bits per heavy atom. The molecular formula is C14H10N6O. The summed E-state index contributed by atoms with van der Waals surface area (Å²) in [5.74, 6) is 1.09. The Balaban J connectivity index is 1.81. The maximum absolute atomic E-state index is 5.98. The number of tetrazole rings is 1. The van der Waals surface area contributed by atoms with Crippen LogP contribution in [0.4, 0.5) is 5.69 Å². The fraction of sp³-hybridized carbons (Fsp3) is 0. The van der Waals surface area contributed by atoms with E-state index in [0.717, 1.165) is 10.8 Å². The molecule has 4 aromatic rings. The maximum Gasteiger partial charge on any atom is 0.239 e. The van der Waals surface area contributed by atoms with Crippen LogP contribution in [-0.2, 0) is 0 Å². The molecule has 102 valence electrons. The fourth-order valence-corrected chi connectivity index (χ4v) is 2.18. The minimum Gasteiger partial charge on any atom is -0.437 e. The number of nitrogens with zero attached hydrogens (tertiary/aromatic N) is 5. The van der Waals surface area contributed by atoms with Crippen LogP contribution in [0.25, 0.3) is 16.4 Å². The van der Waals surface area contributed by atoms with Crippen molar-refractivity contribution >= 4 is 22.1 Å². The third kappa shape index (κ3) is 1.91. The largest absolute Gasteiger partial charge is 0.437 e. The van der Waals surface area contributed by atoms with Crippen molar-refractivity contribution in [1.82, 2.24) is 25.3 Å². The zero-order valence-corrected chi connectivity index (χ0v) is 10.8. The van der Waals surface area contributed by atoms with Gasteiger partial charge in [-0.3, -0.25) is 0 Å². The van der Waals surface area contributed by atoms with Gasteiger partial charge in [-0.25, -0.2) is 0 Å². The Morgan fingerprint density at radius 3 is 2.71 bits per heavy atom. The second-order valence-electron chi connectivity index (χ2n) is 4.50. The van der Waals surface area contributed by atoms with E-state index in [-0.39, 0.29) is 0 Å². The summed E-state index contributed by atoms with van der Waals surface area (Å²) < 4.78 is 7.16. The molecule has 21 heavy (non-hydrogen) atoms. The van der Waals surface area contributed by atoms with Crippen molar-refractivity contribution in [1.29, 1.82) is 0 Å². The van der Waals surface area contributed by atoms with Crippen molar-refractivity contribution in [3.8, 4) is 11.6 Å². The van der Waals surface area contributed by atoms with Gasteiger partial charge in [0.05, 0.1) is 0 Å². The molecule has 0 spiro atoms. The average Bonchev–Trinajstić information content (AvgIpc) is 2.98. The third-order valence-electron chi connectivity index (χ3n) is 3.18. The number of nitrogens with two attached hydrogens (primary N) is 1. The molecule has 0 aliphatic carbocycles. The first kappa shape index (κ1) is 11.6. The van der Waals surface area contributed by atoms with Crippen LogP contribution in [0.3, 0.4) is 0 Å². The number of anilines is 1. The lowest BCUT2D eigenvalue weighted by Crippen LogP contribution is -1.97. The molecule has 4 rings (SSSR count). The molecule has 0 saturated heterocycles. The van der Waals surface area contributed by atoms with Crippen LogP contribution in [-0.4, -0.2) is 25.3 Å². The number of rotatable bonds is 2. The van der Waals surface area contributed by atoms with Gasteiger partial charge in [0.25, 0.3) is 0 Å². The average molecular weight is 278 g/mol. The standard InChI is InChI=1S/C14H10N6O/c15-11-5-6-12(10-4-2-1-3-9(10)11)21-14-8-7-13-16-18-19-20(13)17-14/h1-8H,15H2. The number of fused-ring (bicyclic) bond motifs is 2. The first-order valence-electron chi connectivity index (χ1n) is 6.32. The van der Waals surface area contributed by atoms with Crippen molar-refractivity contribution in [3.63, 3.8) is 0 Å². The predicted molar refractivity (Wildman–Crippen MR) is 77.0 cm³/mol. The molecule has 0 atom stereocenters. The van der Waals surface area contributed by atoms with Crippen LogP contribution < -0.4 is 10.5 Å². The second-order valence-corrected chi connectivity index (χ2v) is 4.50. The molecule has 0 aliphatic heterocycles. The van der Waals surface area contributed by atoms with Crippen LogP contribution in [0, 0.1) is 0 Å². The Kier molecular flexibility index (Phi) is 2.43. The van der Waals surface area contributed by atoms with Gasteiger partial charge >= 0.3 is 0 Å². The lowest BCUT2D eigenvalue weighted by atomic mass is 10.1. The monoisotopic (exact) mass is 278 g/mol. The number of hydrogen-bond acceptors (Lipinski definition) is 6. The molecule has 0 unspecified atom stereocenters. The lowest BCUT2D eigenvalue weighted by molar-refractivity contribution is 0.452. The Labute approximate surface area is 118 Å². The smallest absolute Gasteiger partial charge is 0.239 e. The molecule has 2 aromatic heterocycles. The van der Waals surface area contributed by atoms with E-state index in [1.54, 1.807) is 12.1 Å². The van der Waals surface area contributed by atoms with Gasteiger partial charge in [-0.15, -0.1) is 14.8 Å². The van der Waals surface area contributed by atoms with Gasteiger partial charge in [0.2, 0.25) is 5.88 Å². The molecule has 0 radical (unpaired) electrons. The van der Waals surface area contributed by atoms with Gasteiger partial charge in [-0.2, -0.15) is 0 Å². The van der Waals surface area contributed by atoms with Crippen LogP contribution in [0.1, 0.15) is 0 Å². The second kappa shape index (κ2) is 4.41. The molecule has 0 amide bonds. The maximum atomic E-state index is 5.98. The van der Waals surface area contributed by atoms with Gasteiger partial charge in [0.1, 0.15) is 5.75 Å². The summed E-state index contributed by atoms with van der Waals surface area (Å²) in [7, 11) is 0. The van der Waals surface area contributed by atoms with E-state index in [2.05, 4.69) is 20.6 Å². The van der Waals surface area contributed by atoms with Gasteiger partial charge in [-0.05, 0) is 28.6 Å². The summed E-state index contributed by atoms with van der Waals surface area (Å²) in [6.45, 7) is 0. The highest BCUT2D eigenvalue weighted by Gasteiger charge is 2.08. The van der Waals surface area contributed by atoms with E-state index in [0.29, 0.717) is 23.0 Å². The van der Waals surface area contributed by atoms with Crippen LogP contribution in [0.15, 0.2) is 48.5 Å². The van der Waals surface area contributed by atoms with Gasteiger partial charge in [0.15, 0.2) is 5.65 Å². The number of benzene rings is 2. The van der Waals surface area contributed by atoms with E-state index < -0.39 is 0 Å². The molecule has 0 aliphatic rings. The Morgan fingerprint density at radius 2 is 1.81 bits per heavy atom. The molecule has 7 heteroatoms. The van der Waals surface area contributed by atoms with Crippen LogP contribution >= 0.6 is 0 Å². The Bertz CT molecular complexity index is 948. The quantitative estimate of drug-likeness (QED) is 0.564. The predicted octanol–water partition coefficient (Wildman–Crippen LogP) is 2.05. The molecule has 2 heterocycles. The number of hydrogen-bond donors (Lipinski definition) is 1. The van der Waals surface area contributed by atoms with Gasteiger partial charge in [-0.1, -0.05) is 24.3 Å². The Hall–Kier alpha value is -3.22. The van der Waals surface area contributed by atoms with E-state index in [4.69, 9.17) is 10.5 Å². The van der Waals surface area contributed by atoms with E-state index in [1.165, 1.54) is 4.63 Å². The topological polar surface area (TPSA) is 91.2 Å². The van der Waals surface area contributed by atoms with Crippen molar-refractivity contribution in [2.45, 2.75) is 0 Å². The van der Waals surface area contributed by atoms with E-state index >= 15 is 0 Å². The number of nitrogen functional groups attached to an aromatic ring is 1. The molecule has 2 aromatic carbocycles. The molecule has 0 fully saturated rings. The van der Waals surface area contributed by atoms with Crippen LogP contribution in [0.5, 0.6) is 11.6 Å². The van der Waals surface area contributed by atoms with Gasteiger partial charge in [0, 0.05) is 22.5 Å². The molecule has 0 saturated carbocycles. The van der Waals surface area contributed by atoms with Crippen molar-refractivity contribution < 1.29 is 4.74 Å². The summed E-state index contributed by atoms with van der Waals surface area (Å²) in [5, 5.41) is 17.1. The third-order valence-corrected chi connectivity index (χ3v) is 3.18. The molecular weight excluding hydrogens is 268 g/mol. The minimum atomic E-state index is 0.407. The number of aromatic nitrogens is 5. The van der Waals surface area contributed by atoms with Crippen molar-refractivity contribution in [3.05, 3.63) is 48.5 Å². The zero-order chi connectivity index (χ0) is 14.2. The number of ether oxygens (including phenoxy) is 1. The van der Waals surface area contributed by atoms with Crippen molar-refractivity contribution in [2.75, 3.05) is 5.73 Å². The normalized spacial score (nSPS) is 11.0. The SMILES string of the molecule is Nc1ccc(Oc2ccc3nnnn3n2)c2ccccc12. The minimum absolute atomic E-state index is 0.407. The van der Waals surface area contributed by atoms with E-state index in [1.807, 2.05) is 36.4 Å². The molecule has 0 bridgehead atoms. The highest BCUT2D eigenvalue weighted by Crippen LogP contribution is 2.32. The molecule has 7 nitrogen and oxygen atoms in total. The first-order chi connectivity index (χ1) is 10.3. The highest BCUT2D eigenvalue weighted by atomic mass is 16.5. The first-order valence-corrected chi connectivity index (χ1v) is 6.32. The fourth-order valence-electron chi connectivity index (χ4n) is 2.18. The zero-order valence-electron chi connectivity index (χ0n) is 10.8.